The lowest BCUT2D eigenvalue weighted by Crippen LogP contribution is -2.43. The highest BCUT2D eigenvalue weighted by Gasteiger charge is 2.22. The van der Waals surface area contributed by atoms with Crippen LogP contribution in [-0.2, 0) is 11.2 Å². The molecule has 2 heterocycles. The third-order valence-electron chi connectivity index (χ3n) is 6.54. The van der Waals surface area contributed by atoms with Crippen molar-refractivity contribution in [2.24, 2.45) is 0 Å². The molecule has 6 heteroatoms. The van der Waals surface area contributed by atoms with E-state index < -0.39 is 0 Å². The number of anilines is 2. The molecule has 1 unspecified atom stereocenters. The van der Waals surface area contributed by atoms with Crippen molar-refractivity contribution in [3.8, 4) is 0 Å². The molecule has 5 nitrogen and oxygen atoms in total. The van der Waals surface area contributed by atoms with Crippen LogP contribution in [0.25, 0.3) is 0 Å². The van der Waals surface area contributed by atoms with E-state index in [0.29, 0.717) is 18.5 Å². The smallest absolute Gasteiger partial charge is 0.224 e. The lowest BCUT2D eigenvalue weighted by Gasteiger charge is -2.35. The molecule has 1 fully saturated rings. The lowest BCUT2D eigenvalue weighted by atomic mass is 10.0. The maximum absolute atomic E-state index is 12.3. The maximum Gasteiger partial charge on any atom is 0.224 e. The first-order valence-electron chi connectivity index (χ1n) is 12.4. The number of piperidine rings is 1. The van der Waals surface area contributed by atoms with Gasteiger partial charge in [0.1, 0.15) is 0 Å². The molecular weight excluding hydrogens is 440 g/mol. The van der Waals surface area contributed by atoms with Gasteiger partial charge in [-0.15, -0.1) is 11.3 Å². The van der Waals surface area contributed by atoms with Crippen molar-refractivity contribution < 1.29 is 4.79 Å². The molecule has 0 bridgehead atoms. The molecular formula is C28H36N4OS. The zero-order chi connectivity index (χ0) is 23.8. The summed E-state index contributed by atoms with van der Waals surface area (Å²) < 4.78 is 0. The fourth-order valence-electron chi connectivity index (χ4n) is 4.56. The van der Waals surface area contributed by atoms with Gasteiger partial charge in [0, 0.05) is 48.3 Å². The van der Waals surface area contributed by atoms with Crippen LogP contribution in [0.3, 0.4) is 0 Å². The molecule has 1 atom stereocenters. The highest BCUT2D eigenvalue weighted by Crippen LogP contribution is 2.24. The number of hydrogen-bond donors (Lipinski definition) is 2. The quantitative estimate of drug-likeness (QED) is 0.346. The number of unbranched alkanes of at least 4 members (excludes halogenated alkanes) is 1. The van der Waals surface area contributed by atoms with Gasteiger partial charge < -0.3 is 15.5 Å². The number of nitrogens with zero attached hydrogens (tertiary/aromatic N) is 2. The molecule has 1 amide bonds. The number of benzene rings is 2. The molecule has 0 saturated carbocycles. The Morgan fingerprint density at radius 2 is 1.82 bits per heavy atom. The summed E-state index contributed by atoms with van der Waals surface area (Å²) in [6.07, 6.45) is 5.77. The SMILES string of the molecule is Cc1nc(C(C)NC2CCN(c3ccc(NC(=O)CCCCc4ccccc4)cc3)CC2)cs1. The van der Waals surface area contributed by atoms with Crippen molar-refractivity contribution in [1.82, 2.24) is 10.3 Å². The van der Waals surface area contributed by atoms with Gasteiger partial charge in [0.25, 0.3) is 0 Å². The second-order valence-corrected chi connectivity index (χ2v) is 10.3. The molecule has 2 N–H and O–H groups in total. The van der Waals surface area contributed by atoms with Gasteiger partial charge in [-0.25, -0.2) is 4.98 Å². The molecule has 0 aliphatic carbocycles. The topological polar surface area (TPSA) is 57.3 Å². The predicted molar refractivity (Wildman–Crippen MR) is 143 cm³/mol. The van der Waals surface area contributed by atoms with Crippen molar-refractivity contribution in [1.29, 1.82) is 0 Å². The summed E-state index contributed by atoms with van der Waals surface area (Å²) in [5, 5.41) is 10.1. The molecule has 0 spiro atoms. The van der Waals surface area contributed by atoms with Gasteiger partial charge >= 0.3 is 0 Å². The van der Waals surface area contributed by atoms with Crippen LogP contribution in [0.5, 0.6) is 0 Å². The molecule has 1 aliphatic heterocycles. The largest absolute Gasteiger partial charge is 0.371 e. The molecule has 1 saturated heterocycles. The number of amides is 1. The maximum atomic E-state index is 12.3. The second-order valence-electron chi connectivity index (χ2n) is 9.23. The highest BCUT2D eigenvalue weighted by atomic mass is 32.1. The van der Waals surface area contributed by atoms with E-state index in [-0.39, 0.29) is 5.91 Å². The van der Waals surface area contributed by atoms with Crippen molar-refractivity contribution in [2.45, 2.75) is 64.5 Å². The van der Waals surface area contributed by atoms with E-state index in [4.69, 9.17) is 0 Å². The van der Waals surface area contributed by atoms with Crippen LogP contribution in [0.4, 0.5) is 11.4 Å². The van der Waals surface area contributed by atoms with Gasteiger partial charge in [-0.2, -0.15) is 0 Å². The Morgan fingerprint density at radius 3 is 2.50 bits per heavy atom. The van der Waals surface area contributed by atoms with E-state index in [1.807, 2.05) is 18.2 Å². The monoisotopic (exact) mass is 476 g/mol. The predicted octanol–water partition coefficient (Wildman–Crippen LogP) is 6.12. The minimum Gasteiger partial charge on any atom is -0.371 e. The average Bonchev–Trinajstić information content (AvgIpc) is 3.30. The molecule has 0 radical (unpaired) electrons. The van der Waals surface area contributed by atoms with E-state index in [9.17, 15) is 4.79 Å². The van der Waals surface area contributed by atoms with E-state index in [0.717, 1.165) is 61.6 Å². The molecule has 3 aromatic rings. The normalized spacial score (nSPS) is 15.3. The molecule has 180 valence electrons. The second kappa shape index (κ2) is 12.1. The summed E-state index contributed by atoms with van der Waals surface area (Å²) >= 11 is 1.72. The lowest BCUT2D eigenvalue weighted by molar-refractivity contribution is -0.116. The van der Waals surface area contributed by atoms with Crippen LogP contribution in [0.1, 0.15) is 61.3 Å². The Kier molecular flexibility index (Phi) is 8.72. The Morgan fingerprint density at radius 1 is 1.09 bits per heavy atom. The van der Waals surface area contributed by atoms with Crippen LogP contribution >= 0.6 is 11.3 Å². The first-order valence-corrected chi connectivity index (χ1v) is 13.3. The minimum absolute atomic E-state index is 0.0946. The Hall–Kier alpha value is -2.70. The Labute approximate surface area is 207 Å². The first-order chi connectivity index (χ1) is 16.6. The fourth-order valence-corrected chi connectivity index (χ4v) is 5.27. The Balaban J connectivity index is 1.16. The number of nitrogens with one attached hydrogen (secondary N) is 2. The summed E-state index contributed by atoms with van der Waals surface area (Å²) in [4.78, 5) is 19.4. The van der Waals surface area contributed by atoms with Crippen molar-refractivity contribution in [2.75, 3.05) is 23.3 Å². The number of rotatable bonds is 10. The van der Waals surface area contributed by atoms with Gasteiger partial charge in [0.2, 0.25) is 5.91 Å². The van der Waals surface area contributed by atoms with E-state index in [2.05, 4.69) is 76.1 Å². The van der Waals surface area contributed by atoms with E-state index in [1.165, 1.54) is 11.3 Å². The highest BCUT2D eigenvalue weighted by molar-refractivity contribution is 7.09. The van der Waals surface area contributed by atoms with Gasteiger partial charge in [-0.05, 0) is 75.8 Å². The molecule has 34 heavy (non-hydrogen) atoms. The number of carbonyl (C=O) groups excluding carboxylic acids is 1. The number of thiazole rings is 1. The van der Waals surface area contributed by atoms with Crippen molar-refractivity contribution in [3.63, 3.8) is 0 Å². The molecule has 2 aromatic carbocycles. The van der Waals surface area contributed by atoms with E-state index in [1.54, 1.807) is 11.3 Å². The van der Waals surface area contributed by atoms with Crippen LogP contribution in [-0.4, -0.2) is 30.0 Å². The summed E-state index contributed by atoms with van der Waals surface area (Å²) in [5.74, 6) is 0.0946. The molecule has 1 aliphatic rings. The van der Waals surface area contributed by atoms with Crippen LogP contribution in [0.15, 0.2) is 60.0 Å². The van der Waals surface area contributed by atoms with Crippen LogP contribution in [0.2, 0.25) is 0 Å². The molecule has 1 aromatic heterocycles. The van der Waals surface area contributed by atoms with Gasteiger partial charge in [-0.3, -0.25) is 4.79 Å². The van der Waals surface area contributed by atoms with Gasteiger partial charge in [0.05, 0.1) is 10.7 Å². The average molecular weight is 477 g/mol. The van der Waals surface area contributed by atoms with Gasteiger partial charge in [0.15, 0.2) is 0 Å². The first kappa shape index (κ1) is 24.4. The summed E-state index contributed by atoms with van der Waals surface area (Å²) in [6, 6.07) is 19.6. The third-order valence-corrected chi connectivity index (χ3v) is 7.33. The van der Waals surface area contributed by atoms with Crippen LogP contribution < -0.4 is 15.5 Å². The number of aryl methyl sites for hydroxylation is 2. The standard InChI is InChI=1S/C28H36N4OS/c1-21(27-20-34-22(2)30-27)29-25-16-18-32(19-17-25)26-14-12-24(13-15-26)31-28(33)11-7-6-10-23-8-4-3-5-9-23/h3-5,8-9,12-15,20-21,25,29H,6-7,10-11,16-19H2,1-2H3,(H,31,33). The zero-order valence-corrected chi connectivity index (χ0v) is 21.1. The summed E-state index contributed by atoms with van der Waals surface area (Å²) in [5.41, 5.74) is 4.59. The minimum atomic E-state index is 0.0946. The third kappa shape index (κ3) is 7.15. The van der Waals surface area contributed by atoms with Crippen molar-refractivity contribution >= 4 is 28.6 Å². The summed E-state index contributed by atoms with van der Waals surface area (Å²) in [6.45, 7) is 6.33. The zero-order valence-electron chi connectivity index (χ0n) is 20.3. The van der Waals surface area contributed by atoms with Gasteiger partial charge in [-0.1, -0.05) is 30.3 Å². The summed E-state index contributed by atoms with van der Waals surface area (Å²) in [7, 11) is 0. The number of aromatic nitrogens is 1. The number of carbonyl (C=O) groups is 1. The number of hydrogen-bond acceptors (Lipinski definition) is 5. The van der Waals surface area contributed by atoms with E-state index >= 15 is 0 Å². The molecule has 4 rings (SSSR count). The fraction of sp³-hybridized carbons (Fsp3) is 0.429. The van der Waals surface area contributed by atoms with Crippen molar-refractivity contribution in [3.05, 3.63) is 76.2 Å². The Bertz CT molecular complexity index is 1030. The van der Waals surface area contributed by atoms with Crippen LogP contribution in [0, 0.1) is 6.92 Å².